The van der Waals surface area contributed by atoms with Gasteiger partial charge in [0.25, 0.3) is 0 Å². The normalized spacial score (nSPS) is 23.7. The molecule has 0 aromatic heterocycles. The molecular formula is C31H43N3O4. The number of benzene rings is 2. The number of fused-ring (bicyclic) bond motifs is 2. The van der Waals surface area contributed by atoms with E-state index in [4.69, 9.17) is 9.47 Å². The first-order valence-corrected chi connectivity index (χ1v) is 14.4. The summed E-state index contributed by atoms with van der Waals surface area (Å²) in [6.45, 7) is 2.46. The highest BCUT2D eigenvalue weighted by atomic mass is 16.5. The number of nitrogens with zero attached hydrogens (tertiary/aromatic N) is 2. The van der Waals surface area contributed by atoms with E-state index in [1.54, 1.807) is 20.3 Å². The van der Waals surface area contributed by atoms with Crippen molar-refractivity contribution in [2.45, 2.75) is 75.8 Å². The molecule has 2 heterocycles. The van der Waals surface area contributed by atoms with E-state index in [2.05, 4.69) is 16.3 Å². The lowest BCUT2D eigenvalue weighted by atomic mass is 9.85. The molecule has 2 atom stereocenters. The van der Waals surface area contributed by atoms with Gasteiger partial charge in [-0.2, -0.15) is 0 Å². The third-order valence-corrected chi connectivity index (χ3v) is 8.98. The molecule has 7 nitrogen and oxygen atoms in total. The van der Waals surface area contributed by atoms with E-state index in [0.717, 1.165) is 32.5 Å². The van der Waals surface area contributed by atoms with Crippen LogP contribution >= 0.6 is 0 Å². The van der Waals surface area contributed by atoms with E-state index >= 15 is 0 Å². The summed E-state index contributed by atoms with van der Waals surface area (Å²) in [6, 6.07) is 14.4. The Kier molecular flexibility index (Phi) is 8.62. The zero-order chi connectivity index (χ0) is 26.5. The standard InChI is InChI=1S/C31H43N3O4/c1-37-29-14-11-25(20-30(29)38-2)32-31(36)33(21-22-7-4-3-5-8-22)15-16-34-26-12-13-27(34)18-24(17-26)23-9-6-10-28(35)19-23/h6,9-11,14,19-20,22,24,26-27,35H,3-5,7-8,12-13,15-18,21H2,1-2H3,(H,32,36). The molecule has 2 bridgehead atoms. The maximum atomic E-state index is 13.6. The van der Waals surface area contributed by atoms with Crippen LogP contribution in [0.5, 0.6) is 17.2 Å². The number of amides is 2. The average molecular weight is 522 g/mol. The summed E-state index contributed by atoms with van der Waals surface area (Å²) in [6.07, 6.45) is 11.0. The third-order valence-electron chi connectivity index (χ3n) is 8.98. The predicted molar refractivity (Wildman–Crippen MR) is 150 cm³/mol. The Balaban J connectivity index is 1.24. The monoisotopic (exact) mass is 521 g/mol. The number of hydrogen-bond donors (Lipinski definition) is 2. The first-order valence-electron chi connectivity index (χ1n) is 14.4. The second kappa shape index (κ2) is 12.3. The van der Waals surface area contributed by atoms with Crippen molar-refractivity contribution < 1.29 is 19.4 Å². The second-order valence-electron chi connectivity index (χ2n) is 11.3. The Morgan fingerprint density at radius 3 is 2.39 bits per heavy atom. The van der Waals surface area contributed by atoms with Crippen LogP contribution < -0.4 is 14.8 Å². The van der Waals surface area contributed by atoms with E-state index in [9.17, 15) is 9.90 Å². The van der Waals surface area contributed by atoms with Gasteiger partial charge in [-0.05, 0) is 80.2 Å². The van der Waals surface area contributed by atoms with Gasteiger partial charge in [-0.1, -0.05) is 31.4 Å². The van der Waals surface area contributed by atoms with Gasteiger partial charge in [-0.3, -0.25) is 4.90 Å². The summed E-state index contributed by atoms with van der Waals surface area (Å²) < 4.78 is 10.8. The summed E-state index contributed by atoms with van der Waals surface area (Å²) in [5.74, 6) is 2.69. The number of hydrogen-bond acceptors (Lipinski definition) is 5. The van der Waals surface area contributed by atoms with E-state index < -0.39 is 0 Å². The fraction of sp³-hybridized carbons (Fsp3) is 0.581. The molecule has 2 amide bonds. The first kappa shape index (κ1) is 26.7. The highest BCUT2D eigenvalue weighted by Gasteiger charge is 2.41. The molecule has 38 heavy (non-hydrogen) atoms. The predicted octanol–water partition coefficient (Wildman–Crippen LogP) is 6.23. The fourth-order valence-corrected chi connectivity index (χ4v) is 7.00. The van der Waals surface area contributed by atoms with Crippen LogP contribution in [0.4, 0.5) is 10.5 Å². The van der Waals surface area contributed by atoms with Gasteiger partial charge in [0.15, 0.2) is 11.5 Å². The molecule has 7 heteroatoms. The summed E-state index contributed by atoms with van der Waals surface area (Å²) >= 11 is 0. The molecule has 0 radical (unpaired) electrons. The third kappa shape index (κ3) is 6.20. The van der Waals surface area contributed by atoms with Crippen LogP contribution in [0.15, 0.2) is 42.5 Å². The highest BCUT2D eigenvalue weighted by Crippen LogP contribution is 2.43. The molecular weight excluding hydrogens is 478 g/mol. The minimum absolute atomic E-state index is 0.0372. The minimum Gasteiger partial charge on any atom is -0.508 e. The van der Waals surface area contributed by atoms with Crippen LogP contribution in [0.3, 0.4) is 0 Å². The van der Waals surface area contributed by atoms with Gasteiger partial charge in [0.1, 0.15) is 5.75 Å². The number of methoxy groups -OCH3 is 2. The Morgan fingerprint density at radius 2 is 1.71 bits per heavy atom. The number of phenolic OH excluding ortho intramolecular Hbond substituents is 1. The lowest BCUT2D eigenvalue weighted by Crippen LogP contribution is -2.48. The number of ether oxygens (including phenoxy) is 2. The minimum atomic E-state index is -0.0372. The maximum Gasteiger partial charge on any atom is 0.321 e. The number of phenols is 1. The summed E-state index contributed by atoms with van der Waals surface area (Å²) in [5.41, 5.74) is 1.98. The van der Waals surface area contributed by atoms with E-state index in [-0.39, 0.29) is 6.03 Å². The summed E-state index contributed by atoms with van der Waals surface area (Å²) in [5, 5.41) is 13.1. The number of urea groups is 1. The van der Waals surface area contributed by atoms with Crippen LogP contribution in [-0.2, 0) is 0 Å². The topological polar surface area (TPSA) is 74.3 Å². The van der Waals surface area contributed by atoms with E-state index in [1.807, 2.05) is 35.2 Å². The van der Waals surface area contributed by atoms with Crippen molar-refractivity contribution in [2.24, 2.45) is 5.92 Å². The van der Waals surface area contributed by atoms with Crippen molar-refractivity contribution >= 4 is 11.7 Å². The molecule has 0 spiro atoms. The Labute approximate surface area is 227 Å². The SMILES string of the molecule is COc1ccc(NC(=O)N(CCN2C3CCC2CC(c2cccc(O)c2)C3)CC2CCCCC2)cc1OC. The van der Waals surface area contributed by atoms with Crippen molar-refractivity contribution in [1.29, 1.82) is 0 Å². The second-order valence-corrected chi connectivity index (χ2v) is 11.3. The van der Waals surface area contributed by atoms with E-state index in [0.29, 0.717) is 46.9 Å². The van der Waals surface area contributed by atoms with Crippen molar-refractivity contribution in [3.05, 3.63) is 48.0 Å². The largest absolute Gasteiger partial charge is 0.508 e. The Morgan fingerprint density at radius 1 is 0.974 bits per heavy atom. The van der Waals surface area contributed by atoms with Gasteiger partial charge in [-0.25, -0.2) is 4.79 Å². The summed E-state index contributed by atoms with van der Waals surface area (Å²) in [7, 11) is 3.22. The van der Waals surface area contributed by atoms with Crippen molar-refractivity contribution in [2.75, 3.05) is 39.2 Å². The van der Waals surface area contributed by atoms with Gasteiger partial charge in [-0.15, -0.1) is 0 Å². The molecule has 5 rings (SSSR count). The van der Waals surface area contributed by atoms with Crippen LogP contribution in [0.1, 0.15) is 69.3 Å². The van der Waals surface area contributed by atoms with Gasteiger partial charge in [0.05, 0.1) is 14.2 Å². The Hall–Kier alpha value is -2.93. The van der Waals surface area contributed by atoms with Gasteiger partial charge in [0.2, 0.25) is 0 Å². The number of piperidine rings is 1. The van der Waals surface area contributed by atoms with Crippen molar-refractivity contribution in [3.8, 4) is 17.2 Å². The van der Waals surface area contributed by atoms with Crippen LogP contribution in [-0.4, -0.2) is 66.9 Å². The van der Waals surface area contributed by atoms with E-state index in [1.165, 1.54) is 50.5 Å². The number of anilines is 1. The van der Waals surface area contributed by atoms with Crippen LogP contribution in [0.25, 0.3) is 0 Å². The molecule has 2 aromatic carbocycles. The molecule has 1 aliphatic carbocycles. The average Bonchev–Trinajstić information content (AvgIpc) is 3.17. The molecule has 1 saturated carbocycles. The molecule has 2 aliphatic heterocycles. The number of rotatable bonds is 9. The zero-order valence-electron chi connectivity index (χ0n) is 22.9. The quantitative estimate of drug-likeness (QED) is 0.409. The van der Waals surface area contributed by atoms with Crippen molar-refractivity contribution in [3.63, 3.8) is 0 Å². The summed E-state index contributed by atoms with van der Waals surface area (Å²) in [4.78, 5) is 18.3. The van der Waals surface area contributed by atoms with Gasteiger partial charge in [0, 0.05) is 43.5 Å². The lowest BCUT2D eigenvalue weighted by Gasteiger charge is -2.40. The number of nitrogens with one attached hydrogen (secondary N) is 1. The fourth-order valence-electron chi connectivity index (χ4n) is 7.00. The number of aromatic hydroxyl groups is 1. The molecule has 2 saturated heterocycles. The van der Waals surface area contributed by atoms with Crippen LogP contribution in [0, 0.1) is 5.92 Å². The molecule has 2 N–H and O–H groups in total. The van der Waals surface area contributed by atoms with Crippen LogP contribution in [0.2, 0.25) is 0 Å². The highest BCUT2D eigenvalue weighted by molar-refractivity contribution is 5.89. The molecule has 2 unspecified atom stereocenters. The first-order chi connectivity index (χ1) is 18.5. The number of carbonyl (C=O) groups excluding carboxylic acids is 1. The Bertz CT molecular complexity index is 1070. The molecule has 2 aromatic rings. The molecule has 206 valence electrons. The lowest BCUT2D eigenvalue weighted by molar-refractivity contribution is 0.108. The molecule has 3 fully saturated rings. The smallest absolute Gasteiger partial charge is 0.321 e. The molecule has 3 aliphatic rings. The van der Waals surface area contributed by atoms with Gasteiger partial charge < -0.3 is 24.8 Å². The maximum absolute atomic E-state index is 13.6. The van der Waals surface area contributed by atoms with Crippen molar-refractivity contribution in [1.82, 2.24) is 9.80 Å². The van der Waals surface area contributed by atoms with Gasteiger partial charge >= 0.3 is 6.03 Å². The number of carbonyl (C=O) groups is 1. The zero-order valence-corrected chi connectivity index (χ0v) is 22.9.